The summed E-state index contributed by atoms with van der Waals surface area (Å²) in [5, 5.41) is 23.7. The van der Waals surface area contributed by atoms with Crippen LogP contribution < -0.4 is 9.80 Å². The Morgan fingerprint density at radius 2 is 0.964 bits per heavy atom. The molecule has 0 amide bonds. The Hall–Kier alpha value is -2.07. The maximum atomic E-state index is 10.1. The highest BCUT2D eigenvalue weighted by Crippen LogP contribution is 2.30. The van der Waals surface area contributed by atoms with Gasteiger partial charge in [-0.25, -0.2) is 0 Å². The summed E-state index contributed by atoms with van der Waals surface area (Å²) in [6.07, 6.45) is 0. The molecule has 0 unspecified atom stereocenters. The molecule has 0 atom stereocenters. The van der Waals surface area contributed by atoms with E-state index in [2.05, 4.69) is 10.4 Å². The largest absolute Gasteiger partial charge is 0.505 e. The number of nitroso groups, excluding NO2 is 2. The summed E-state index contributed by atoms with van der Waals surface area (Å²) in [6, 6.07) is 9.40. The molecule has 2 aromatic carbocycles. The number of hydrogen-bond donors (Lipinski definition) is 2. The molecule has 0 saturated carbocycles. The van der Waals surface area contributed by atoms with Crippen molar-refractivity contribution in [2.24, 2.45) is 10.4 Å². The minimum Gasteiger partial charge on any atom is -0.505 e. The fraction of sp³-hybridized carbons (Fsp3) is 0.250. The molecule has 0 aromatic heterocycles. The quantitative estimate of drug-likeness (QED) is 0.501. The van der Waals surface area contributed by atoms with Crippen LogP contribution >= 0.6 is 37.2 Å². The summed E-state index contributed by atoms with van der Waals surface area (Å²) in [7, 11) is 7.40. The molecule has 4 radical (unpaired) electrons. The summed E-state index contributed by atoms with van der Waals surface area (Å²) < 4.78 is 0. The van der Waals surface area contributed by atoms with Gasteiger partial charge in [0.15, 0.2) is 0 Å². The van der Waals surface area contributed by atoms with Gasteiger partial charge in [0.05, 0.1) is 0 Å². The number of aromatic hydroxyl groups is 2. The van der Waals surface area contributed by atoms with Gasteiger partial charge in [-0.2, -0.15) is 0 Å². The van der Waals surface area contributed by atoms with Crippen LogP contribution in [0.25, 0.3) is 0 Å². The Kier molecular flexibility index (Phi) is 19.1. The van der Waals surface area contributed by atoms with Gasteiger partial charge in [-0.05, 0) is 34.6 Å². The molecule has 8 nitrogen and oxygen atoms in total. The predicted molar refractivity (Wildman–Crippen MR) is 123 cm³/mol. The summed E-state index contributed by atoms with van der Waals surface area (Å²) in [5.41, 5.74) is 1.81. The van der Waals surface area contributed by atoms with E-state index in [1.807, 2.05) is 38.0 Å². The Labute approximate surface area is 187 Å². The van der Waals surface area contributed by atoms with Crippen LogP contribution in [0.15, 0.2) is 46.8 Å². The summed E-state index contributed by atoms with van der Waals surface area (Å²) in [4.78, 5) is 23.8. The van der Waals surface area contributed by atoms with Crippen molar-refractivity contribution in [3.05, 3.63) is 46.2 Å². The van der Waals surface area contributed by atoms with E-state index < -0.39 is 0 Å². The first-order chi connectivity index (χ1) is 11.3. The zero-order valence-electron chi connectivity index (χ0n) is 15.7. The average molecular weight is 470 g/mol. The highest BCUT2D eigenvalue weighted by atomic mass is 35.5. The van der Waals surface area contributed by atoms with Crippen molar-refractivity contribution in [1.29, 1.82) is 0 Å². The van der Waals surface area contributed by atoms with E-state index in [-0.39, 0.29) is 71.1 Å². The minimum atomic E-state index is -0.0869. The van der Waals surface area contributed by atoms with Crippen LogP contribution in [-0.2, 0) is 0 Å². The van der Waals surface area contributed by atoms with Gasteiger partial charge >= 0.3 is 0 Å². The van der Waals surface area contributed by atoms with Crippen molar-refractivity contribution in [3.8, 4) is 11.5 Å². The fourth-order valence-corrected chi connectivity index (χ4v) is 1.73. The van der Waals surface area contributed by atoms with Crippen LogP contribution in [-0.4, -0.2) is 49.4 Å². The van der Waals surface area contributed by atoms with Crippen LogP contribution in [0.4, 0.5) is 22.7 Å². The van der Waals surface area contributed by atoms with Gasteiger partial charge < -0.3 is 20.0 Å². The smallest absolute Gasteiger partial charge is 0.149 e. The van der Waals surface area contributed by atoms with Crippen LogP contribution in [0.2, 0.25) is 0 Å². The first-order valence-electron chi connectivity index (χ1n) is 6.97. The van der Waals surface area contributed by atoms with Crippen molar-refractivity contribution in [2.75, 3.05) is 38.0 Å². The Morgan fingerprint density at radius 1 is 0.679 bits per heavy atom. The van der Waals surface area contributed by atoms with Crippen molar-refractivity contribution >= 4 is 70.9 Å². The van der Waals surface area contributed by atoms with Crippen molar-refractivity contribution in [1.82, 2.24) is 0 Å². The molecule has 12 heteroatoms. The zero-order chi connectivity index (χ0) is 18.3. The number of rotatable bonds is 4. The molecule has 2 N–H and O–H groups in total. The van der Waals surface area contributed by atoms with E-state index in [1.54, 1.807) is 12.1 Å². The van der Waals surface area contributed by atoms with E-state index in [0.717, 1.165) is 11.4 Å². The molecule has 0 aliphatic heterocycles. The Bertz CT molecular complexity index is 676. The van der Waals surface area contributed by atoms with E-state index in [4.69, 9.17) is 0 Å². The van der Waals surface area contributed by atoms with E-state index in [1.165, 1.54) is 24.3 Å². The third-order valence-electron chi connectivity index (χ3n) is 3.15. The number of hydrogen-bond acceptors (Lipinski definition) is 8. The summed E-state index contributed by atoms with van der Waals surface area (Å²) in [6.45, 7) is 0. The SMILES string of the molecule is CN(C)c1ccc(N=O)c(O)c1.CN(C)c1ccc(N=O)c(O)c1.Cl.Cl.Cl.[Si]. The van der Waals surface area contributed by atoms with E-state index >= 15 is 0 Å². The van der Waals surface area contributed by atoms with Crippen LogP contribution in [0.1, 0.15) is 0 Å². The molecular weight excluding hydrogens is 447 g/mol. The number of phenols is 2. The Morgan fingerprint density at radius 3 is 1.14 bits per heavy atom. The lowest BCUT2D eigenvalue weighted by molar-refractivity contribution is 0.476. The lowest BCUT2D eigenvalue weighted by Gasteiger charge is -2.12. The second-order valence-corrected chi connectivity index (χ2v) is 5.32. The molecule has 28 heavy (non-hydrogen) atoms. The molecular formula is C16H23Cl3N4O4Si. The molecule has 2 aromatic rings. The molecule has 0 aliphatic carbocycles. The monoisotopic (exact) mass is 468 g/mol. The minimum absolute atomic E-state index is 0. The van der Waals surface area contributed by atoms with Gasteiger partial charge in [0.1, 0.15) is 22.9 Å². The standard InChI is InChI=1S/2C8H10N2O2.3ClH.Si/c2*1-10(2)6-3-4-7(9-12)8(11)5-6;;;;/h2*3-5,11H,1-2H3;3*1H;. The third-order valence-corrected chi connectivity index (χ3v) is 3.15. The fourth-order valence-electron chi connectivity index (χ4n) is 1.73. The van der Waals surface area contributed by atoms with Crippen molar-refractivity contribution < 1.29 is 10.2 Å². The maximum Gasteiger partial charge on any atom is 0.149 e. The summed E-state index contributed by atoms with van der Waals surface area (Å²) >= 11 is 0. The Balaban J connectivity index is -0.000000180. The maximum absolute atomic E-state index is 10.1. The number of benzene rings is 2. The second-order valence-electron chi connectivity index (χ2n) is 5.32. The van der Waals surface area contributed by atoms with Crippen LogP contribution in [0.5, 0.6) is 11.5 Å². The molecule has 2 rings (SSSR count). The lowest BCUT2D eigenvalue weighted by Crippen LogP contribution is -2.07. The average Bonchev–Trinajstić information content (AvgIpc) is 2.55. The first-order valence-corrected chi connectivity index (χ1v) is 6.97. The van der Waals surface area contributed by atoms with Crippen LogP contribution in [0.3, 0.4) is 0 Å². The number of nitrogens with zero attached hydrogens (tertiary/aromatic N) is 4. The van der Waals surface area contributed by atoms with E-state index in [9.17, 15) is 20.0 Å². The topological polar surface area (TPSA) is 106 Å². The van der Waals surface area contributed by atoms with Gasteiger partial charge in [0, 0.05) is 62.7 Å². The third kappa shape index (κ3) is 9.74. The first kappa shape index (κ1) is 33.5. The number of anilines is 2. The molecule has 0 bridgehead atoms. The lowest BCUT2D eigenvalue weighted by atomic mass is 10.2. The van der Waals surface area contributed by atoms with Crippen LogP contribution in [0, 0.1) is 9.81 Å². The van der Waals surface area contributed by atoms with Crippen molar-refractivity contribution in [2.45, 2.75) is 0 Å². The molecule has 0 aliphatic rings. The van der Waals surface area contributed by atoms with Gasteiger partial charge in [-0.1, -0.05) is 0 Å². The van der Waals surface area contributed by atoms with Gasteiger partial charge in [-0.15, -0.1) is 47.0 Å². The predicted octanol–water partition coefficient (Wildman–Crippen LogP) is 4.60. The number of phenolic OH excluding ortho intramolecular Hbond substituents is 2. The zero-order valence-corrected chi connectivity index (χ0v) is 19.1. The summed E-state index contributed by atoms with van der Waals surface area (Å²) in [5.74, 6) is -0.174. The molecule has 156 valence electrons. The molecule has 0 spiro atoms. The molecule has 0 heterocycles. The van der Waals surface area contributed by atoms with Gasteiger partial charge in [0.2, 0.25) is 0 Å². The van der Waals surface area contributed by atoms with Gasteiger partial charge in [0.25, 0.3) is 0 Å². The highest BCUT2D eigenvalue weighted by Gasteiger charge is 2.03. The van der Waals surface area contributed by atoms with E-state index in [0.29, 0.717) is 0 Å². The normalized spacial score (nSPS) is 8.14. The van der Waals surface area contributed by atoms with Gasteiger partial charge in [-0.3, -0.25) is 0 Å². The molecule has 0 saturated heterocycles. The number of halogens is 3. The second kappa shape index (κ2) is 15.9. The highest BCUT2D eigenvalue weighted by molar-refractivity contribution is 5.86. The van der Waals surface area contributed by atoms with Crippen molar-refractivity contribution in [3.63, 3.8) is 0 Å². The molecule has 0 fully saturated rings.